The second kappa shape index (κ2) is 8.03. The van der Waals surface area contributed by atoms with Crippen molar-refractivity contribution in [3.05, 3.63) is 29.8 Å². The van der Waals surface area contributed by atoms with Gasteiger partial charge in [-0.1, -0.05) is 32.9 Å². The fourth-order valence-electron chi connectivity index (χ4n) is 1.91. The van der Waals surface area contributed by atoms with Crippen molar-refractivity contribution in [1.82, 2.24) is 10.6 Å². The summed E-state index contributed by atoms with van der Waals surface area (Å²) in [5.41, 5.74) is 1.26. The van der Waals surface area contributed by atoms with E-state index in [0.29, 0.717) is 6.54 Å². The van der Waals surface area contributed by atoms with E-state index in [4.69, 9.17) is 4.74 Å². The molecule has 0 aliphatic carbocycles. The Bertz CT molecular complexity index is 452. The fourth-order valence-corrected chi connectivity index (χ4v) is 1.91. The van der Waals surface area contributed by atoms with Crippen LogP contribution in [0.3, 0.4) is 0 Å². The monoisotopic (exact) mass is 292 g/mol. The van der Waals surface area contributed by atoms with Crippen molar-refractivity contribution in [2.45, 2.75) is 45.6 Å². The molecule has 118 valence electrons. The van der Waals surface area contributed by atoms with Crippen LogP contribution in [0.2, 0.25) is 0 Å². The molecule has 1 rings (SSSR count). The minimum atomic E-state index is -0.491. The van der Waals surface area contributed by atoms with Gasteiger partial charge in [-0.2, -0.15) is 0 Å². The van der Waals surface area contributed by atoms with Gasteiger partial charge in [-0.3, -0.25) is 4.79 Å². The highest BCUT2D eigenvalue weighted by Crippen LogP contribution is 2.26. The van der Waals surface area contributed by atoms with Crippen molar-refractivity contribution in [2.24, 2.45) is 0 Å². The van der Waals surface area contributed by atoms with E-state index in [-0.39, 0.29) is 11.3 Å². The van der Waals surface area contributed by atoms with E-state index in [1.54, 1.807) is 6.92 Å². The van der Waals surface area contributed by atoms with Crippen molar-refractivity contribution in [3.8, 4) is 5.75 Å². The van der Waals surface area contributed by atoms with Gasteiger partial charge in [0.2, 0.25) is 0 Å². The van der Waals surface area contributed by atoms with E-state index in [0.717, 1.165) is 18.7 Å². The van der Waals surface area contributed by atoms with Crippen LogP contribution in [0.4, 0.5) is 0 Å². The average molecular weight is 292 g/mol. The summed E-state index contributed by atoms with van der Waals surface area (Å²) < 4.78 is 5.74. The third-order valence-corrected chi connectivity index (χ3v) is 3.28. The Morgan fingerprint density at radius 2 is 2.00 bits per heavy atom. The Hall–Kier alpha value is -1.55. The Labute approximate surface area is 128 Å². The lowest BCUT2D eigenvalue weighted by atomic mass is 9.87. The molecule has 1 amide bonds. The highest BCUT2D eigenvalue weighted by Gasteiger charge is 2.17. The Morgan fingerprint density at radius 1 is 1.29 bits per heavy atom. The highest BCUT2D eigenvalue weighted by molar-refractivity contribution is 5.80. The summed E-state index contributed by atoms with van der Waals surface area (Å²) in [4.78, 5) is 11.9. The maximum Gasteiger partial charge on any atom is 0.260 e. The van der Waals surface area contributed by atoms with Gasteiger partial charge >= 0.3 is 0 Å². The van der Waals surface area contributed by atoms with E-state index in [2.05, 4.69) is 37.5 Å². The number of carbonyl (C=O) groups excluding carboxylic acids is 1. The minimum Gasteiger partial charge on any atom is -0.481 e. The predicted octanol–water partition coefficient (Wildman–Crippen LogP) is 2.48. The van der Waals surface area contributed by atoms with Crippen LogP contribution >= 0.6 is 0 Å². The van der Waals surface area contributed by atoms with Gasteiger partial charge in [0.05, 0.1) is 0 Å². The zero-order chi connectivity index (χ0) is 15.9. The first-order valence-electron chi connectivity index (χ1n) is 7.54. The fraction of sp³-hybridized carbons (Fsp3) is 0.588. The molecule has 0 radical (unpaired) electrons. The SMILES string of the molecule is CNCCCNC(=O)C(C)Oc1cccc(C(C)(C)C)c1. The molecule has 2 N–H and O–H groups in total. The first-order chi connectivity index (χ1) is 9.84. The van der Waals surface area contributed by atoms with Crippen LogP contribution in [0.5, 0.6) is 5.75 Å². The number of hydrogen-bond acceptors (Lipinski definition) is 3. The van der Waals surface area contributed by atoms with Crippen LogP contribution in [0.25, 0.3) is 0 Å². The van der Waals surface area contributed by atoms with Crippen molar-refractivity contribution in [3.63, 3.8) is 0 Å². The largest absolute Gasteiger partial charge is 0.481 e. The van der Waals surface area contributed by atoms with E-state index < -0.39 is 6.10 Å². The Morgan fingerprint density at radius 3 is 2.62 bits per heavy atom. The molecular formula is C17H28N2O2. The van der Waals surface area contributed by atoms with Crippen LogP contribution in [0, 0.1) is 0 Å². The van der Waals surface area contributed by atoms with Crippen LogP contribution < -0.4 is 15.4 Å². The van der Waals surface area contributed by atoms with Gasteiger partial charge in [-0.05, 0) is 50.0 Å². The third-order valence-electron chi connectivity index (χ3n) is 3.28. The average Bonchev–Trinajstić information content (AvgIpc) is 2.42. The lowest BCUT2D eigenvalue weighted by molar-refractivity contribution is -0.127. The molecule has 0 bridgehead atoms. The van der Waals surface area contributed by atoms with Gasteiger partial charge in [0.1, 0.15) is 5.75 Å². The molecule has 0 saturated carbocycles. The van der Waals surface area contributed by atoms with E-state index >= 15 is 0 Å². The van der Waals surface area contributed by atoms with Gasteiger partial charge in [0.15, 0.2) is 6.10 Å². The summed E-state index contributed by atoms with van der Waals surface area (Å²) in [6, 6.07) is 7.94. The zero-order valence-electron chi connectivity index (χ0n) is 13.8. The zero-order valence-corrected chi connectivity index (χ0v) is 13.8. The molecule has 21 heavy (non-hydrogen) atoms. The number of benzene rings is 1. The van der Waals surface area contributed by atoms with E-state index in [9.17, 15) is 4.79 Å². The maximum atomic E-state index is 11.9. The van der Waals surface area contributed by atoms with Crippen molar-refractivity contribution >= 4 is 5.91 Å². The normalized spacial score (nSPS) is 12.8. The molecule has 0 spiro atoms. The topological polar surface area (TPSA) is 50.4 Å². The van der Waals surface area contributed by atoms with Gasteiger partial charge in [-0.25, -0.2) is 0 Å². The third kappa shape index (κ3) is 6.17. The summed E-state index contributed by atoms with van der Waals surface area (Å²) in [7, 11) is 1.90. The van der Waals surface area contributed by atoms with E-state index in [1.165, 1.54) is 5.56 Å². The number of amides is 1. The lowest BCUT2D eigenvalue weighted by Crippen LogP contribution is -2.37. The number of carbonyl (C=O) groups is 1. The molecule has 1 aromatic rings. The quantitative estimate of drug-likeness (QED) is 0.759. The molecular weight excluding hydrogens is 264 g/mol. The number of ether oxygens (including phenoxy) is 1. The van der Waals surface area contributed by atoms with Crippen molar-refractivity contribution in [1.29, 1.82) is 0 Å². The maximum absolute atomic E-state index is 11.9. The van der Waals surface area contributed by atoms with Crippen LogP contribution in [0.15, 0.2) is 24.3 Å². The van der Waals surface area contributed by atoms with Crippen molar-refractivity contribution < 1.29 is 9.53 Å². The van der Waals surface area contributed by atoms with E-state index in [1.807, 2.05) is 25.2 Å². The van der Waals surface area contributed by atoms with Gasteiger partial charge in [-0.15, -0.1) is 0 Å². The molecule has 1 unspecified atom stereocenters. The molecule has 0 aliphatic heterocycles. The second-order valence-electron chi connectivity index (χ2n) is 6.29. The molecule has 0 aliphatic rings. The Kier molecular flexibility index (Phi) is 6.69. The van der Waals surface area contributed by atoms with Gasteiger partial charge in [0, 0.05) is 6.54 Å². The molecule has 1 atom stereocenters. The highest BCUT2D eigenvalue weighted by atomic mass is 16.5. The first kappa shape index (κ1) is 17.5. The first-order valence-corrected chi connectivity index (χ1v) is 7.54. The molecule has 0 aromatic heterocycles. The minimum absolute atomic E-state index is 0.0675. The molecule has 1 aromatic carbocycles. The van der Waals surface area contributed by atoms with Crippen LogP contribution in [-0.4, -0.2) is 32.1 Å². The Balaban J connectivity index is 2.54. The standard InChI is InChI=1S/C17H28N2O2/c1-13(16(20)19-11-7-10-18-5)21-15-9-6-8-14(12-15)17(2,3)4/h6,8-9,12-13,18H,7,10-11H2,1-5H3,(H,19,20). The smallest absolute Gasteiger partial charge is 0.260 e. The van der Waals surface area contributed by atoms with Gasteiger partial charge < -0.3 is 15.4 Å². The molecule has 0 fully saturated rings. The van der Waals surface area contributed by atoms with Gasteiger partial charge in [0.25, 0.3) is 5.91 Å². The molecule has 4 heteroatoms. The molecule has 4 nitrogen and oxygen atoms in total. The van der Waals surface area contributed by atoms with Crippen molar-refractivity contribution in [2.75, 3.05) is 20.1 Å². The predicted molar refractivity (Wildman–Crippen MR) is 86.8 cm³/mol. The summed E-state index contributed by atoms with van der Waals surface area (Å²) in [5, 5.41) is 5.93. The van der Waals surface area contributed by atoms with Crippen LogP contribution in [0.1, 0.15) is 39.7 Å². The molecule has 0 saturated heterocycles. The summed E-state index contributed by atoms with van der Waals surface area (Å²) >= 11 is 0. The number of hydrogen-bond donors (Lipinski definition) is 2. The van der Waals surface area contributed by atoms with Crippen LogP contribution in [-0.2, 0) is 10.2 Å². The number of rotatable bonds is 7. The summed E-state index contributed by atoms with van der Waals surface area (Å²) in [6.07, 6.45) is 0.420. The summed E-state index contributed by atoms with van der Waals surface area (Å²) in [6.45, 7) is 9.80. The molecule has 0 heterocycles. The second-order valence-corrected chi connectivity index (χ2v) is 6.29. The summed E-state index contributed by atoms with van der Waals surface area (Å²) in [5.74, 6) is 0.660. The lowest BCUT2D eigenvalue weighted by Gasteiger charge is -2.21. The number of nitrogens with one attached hydrogen (secondary N) is 2.